The molecule has 0 aliphatic heterocycles. The van der Waals surface area contributed by atoms with E-state index in [4.69, 9.17) is 17.7 Å². The van der Waals surface area contributed by atoms with E-state index in [0.29, 0.717) is 0 Å². The van der Waals surface area contributed by atoms with E-state index in [9.17, 15) is 13.7 Å². The lowest BCUT2D eigenvalue weighted by Gasteiger charge is -2.10. The van der Waals surface area contributed by atoms with Crippen LogP contribution in [0.3, 0.4) is 0 Å². The van der Waals surface area contributed by atoms with Crippen LogP contribution in [-0.2, 0) is 31.4 Å². The van der Waals surface area contributed by atoms with Crippen molar-refractivity contribution in [1.29, 1.82) is 0 Å². The largest absolute Gasteiger partial charge is 0.715 e. The van der Waals surface area contributed by atoms with E-state index >= 15 is 0 Å². The lowest BCUT2D eigenvalue weighted by Crippen LogP contribution is -1.97. The van der Waals surface area contributed by atoms with Gasteiger partial charge in [0.25, 0.3) is 0 Å². The highest BCUT2D eigenvalue weighted by Gasteiger charge is 2.43. The molecule has 0 bridgehead atoms. The van der Waals surface area contributed by atoms with E-state index in [1.54, 1.807) is 27.7 Å². The van der Waals surface area contributed by atoms with E-state index in [1.165, 1.54) is 0 Å². The zero-order valence-corrected chi connectivity index (χ0v) is 13.7. The van der Waals surface area contributed by atoms with Gasteiger partial charge in [-0.05, 0) is 22.5 Å². The third-order valence-corrected chi connectivity index (χ3v) is 7.72. The number of hydrogen-bond donors (Lipinski definition) is 0. The van der Waals surface area contributed by atoms with Gasteiger partial charge in [0, 0.05) is 4.57 Å². The summed E-state index contributed by atoms with van der Waals surface area (Å²) in [6.07, 6.45) is 0.104. The molecule has 0 radical (unpaired) electrons. The minimum absolute atomic E-state index is 0.0519. The molecule has 0 aromatic rings. The molecule has 0 rings (SSSR count). The second-order valence-corrected chi connectivity index (χ2v) is 9.06. The van der Waals surface area contributed by atoms with Gasteiger partial charge in [-0.15, -0.1) is 0 Å². The van der Waals surface area contributed by atoms with Crippen LogP contribution in [0.2, 0.25) is 0 Å². The summed E-state index contributed by atoms with van der Waals surface area (Å²) in [5.74, 6) is 0. The van der Waals surface area contributed by atoms with Crippen molar-refractivity contribution >= 4 is 23.4 Å². The summed E-state index contributed by atoms with van der Waals surface area (Å²) in [5.41, 5.74) is 0. The van der Waals surface area contributed by atoms with Crippen LogP contribution in [0.5, 0.6) is 0 Å². The van der Waals surface area contributed by atoms with Gasteiger partial charge in [-0.25, -0.2) is 0 Å². The molecule has 2 atom stereocenters. The first-order valence-electron chi connectivity index (χ1n) is 5.68. The lowest BCUT2D eigenvalue weighted by molar-refractivity contribution is 0.256. The third-order valence-electron chi connectivity index (χ3n) is 1.81. The Hall–Kier alpha value is 0.400. The van der Waals surface area contributed by atoms with Gasteiger partial charge in [0.2, 0.25) is 0 Å². The summed E-state index contributed by atoms with van der Waals surface area (Å²) in [4.78, 5) is 0. The second kappa shape index (κ2) is 8.55. The molecule has 108 valence electrons. The monoisotopic (exact) mass is 321 g/mol. The molecule has 7 nitrogen and oxygen atoms in total. The Labute approximate surface area is 109 Å². The maximum Gasteiger partial charge on any atom is 0.715 e. The highest BCUT2D eigenvalue weighted by molar-refractivity contribution is 7.65. The van der Waals surface area contributed by atoms with Crippen LogP contribution in [0.1, 0.15) is 27.7 Å². The lowest BCUT2D eigenvalue weighted by atomic mass is 10.9. The minimum atomic E-state index is -3.46. The zero-order valence-electron chi connectivity index (χ0n) is 11.0. The summed E-state index contributed by atoms with van der Waals surface area (Å²) >= 11 is 0. The number of rotatable bonds is 10. The van der Waals surface area contributed by atoms with Crippen LogP contribution < -0.4 is 0 Å². The van der Waals surface area contributed by atoms with Gasteiger partial charge in [0.1, 0.15) is 0 Å². The van der Waals surface area contributed by atoms with E-state index < -0.39 is 23.4 Å². The van der Waals surface area contributed by atoms with E-state index in [2.05, 4.69) is 0 Å². The van der Waals surface area contributed by atoms with Gasteiger partial charge in [-0.3, -0.25) is 9.13 Å². The van der Waals surface area contributed by atoms with Crippen molar-refractivity contribution in [1.82, 2.24) is 0 Å². The highest BCUT2D eigenvalue weighted by atomic mass is 31.3. The molecule has 0 aromatic heterocycles. The fourth-order valence-corrected chi connectivity index (χ4v) is 5.42. The average molecular weight is 321 g/mol. The fourth-order valence-electron chi connectivity index (χ4n) is 0.957. The van der Waals surface area contributed by atoms with Gasteiger partial charge in [-0.2, -0.15) is 0 Å². The maximum absolute atomic E-state index is 11.9. The molecular weight excluding hydrogens is 301 g/mol. The Morgan fingerprint density at radius 2 is 1.17 bits per heavy atom. The summed E-state index contributed by atoms with van der Waals surface area (Å²) in [7, 11) is -9.73. The molecule has 0 saturated heterocycles. The highest BCUT2D eigenvalue weighted by Crippen LogP contribution is 2.62. The molecule has 18 heavy (non-hydrogen) atoms. The topological polar surface area (TPSA) is 88.1 Å². The molecular formula is C8H20O7P3+. The van der Waals surface area contributed by atoms with Crippen molar-refractivity contribution in [3.63, 3.8) is 0 Å². The van der Waals surface area contributed by atoms with Crippen LogP contribution in [0.4, 0.5) is 0 Å². The minimum Gasteiger partial charge on any atom is -0.306 e. The maximum atomic E-state index is 11.9. The van der Waals surface area contributed by atoms with Gasteiger partial charge < -0.3 is 9.05 Å². The fraction of sp³-hybridized carbons (Fsp3) is 1.00. The molecule has 0 heterocycles. The Morgan fingerprint density at radius 3 is 1.39 bits per heavy atom. The van der Waals surface area contributed by atoms with Crippen molar-refractivity contribution in [2.75, 3.05) is 25.5 Å². The smallest absolute Gasteiger partial charge is 0.306 e. The van der Waals surface area contributed by atoms with Crippen molar-refractivity contribution in [2.45, 2.75) is 27.7 Å². The first-order valence-corrected chi connectivity index (χ1v) is 10.2. The molecule has 0 amide bonds. The standard InChI is InChI=1S/C8H20O7P3/c1-5-12-17(10,7-3)14-16(9)15-18(11,8-4)13-6-2/h5-8H2,1-4H3/q+1. The van der Waals surface area contributed by atoms with E-state index in [1.807, 2.05) is 0 Å². The van der Waals surface area contributed by atoms with Gasteiger partial charge in [-0.1, -0.05) is 13.8 Å². The molecule has 2 unspecified atom stereocenters. The normalized spacial score (nSPS) is 19.0. The summed E-state index contributed by atoms with van der Waals surface area (Å²) in [6, 6.07) is 0. The summed E-state index contributed by atoms with van der Waals surface area (Å²) in [5, 5.41) is 0. The molecule has 0 aliphatic rings. The van der Waals surface area contributed by atoms with Gasteiger partial charge >= 0.3 is 23.4 Å². The van der Waals surface area contributed by atoms with E-state index in [-0.39, 0.29) is 25.5 Å². The molecule has 0 spiro atoms. The third kappa shape index (κ3) is 6.53. The first kappa shape index (κ1) is 18.4. The van der Waals surface area contributed by atoms with Crippen LogP contribution in [0, 0.1) is 0 Å². The molecule has 10 heteroatoms. The SMILES string of the molecule is CCOP(=O)(CC)O[P+](=O)OP(=O)(CC)OCC. The first-order chi connectivity index (χ1) is 8.34. The van der Waals surface area contributed by atoms with E-state index in [0.717, 1.165) is 0 Å². The van der Waals surface area contributed by atoms with Crippen molar-refractivity contribution in [2.24, 2.45) is 0 Å². The van der Waals surface area contributed by atoms with Crippen molar-refractivity contribution in [3.05, 3.63) is 0 Å². The molecule has 0 fully saturated rings. The van der Waals surface area contributed by atoms with Crippen LogP contribution in [0.15, 0.2) is 0 Å². The summed E-state index contributed by atoms with van der Waals surface area (Å²) < 4.78 is 54.6. The van der Waals surface area contributed by atoms with Gasteiger partial charge in [0.05, 0.1) is 25.5 Å². The number of hydrogen-bond acceptors (Lipinski definition) is 7. The average Bonchev–Trinajstić information content (AvgIpc) is 2.29. The molecule has 0 N–H and O–H groups in total. The predicted molar refractivity (Wildman–Crippen MR) is 69.3 cm³/mol. The predicted octanol–water partition coefficient (Wildman–Crippen LogP) is 4.18. The quantitative estimate of drug-likeness (QED) is 0.558. The van der Waals surface area contributed by atoms with Crippen LogP contribution in [0.25, 0.3) is 0 Å². The summed E-state index contributed by atoms with van der Waals surface area (Å²) in [6.45, 7) is 6.73. The zero-order chi connectivity index (χ0) is 14.2. The Balaban J connectivity index is 4.58. The Kier molecular flexibility index (Phi) is 8.74. The van der Waals surface area contributed by atoms with Crippen LogP contribution in [-0.4, -0.2) is 25.5 Å². The molecule has 0 saturated carbocycles. The van der Waals surface area contributed by atoms with Crippen molar-refractivity contribution < 1.29 is 31.4 Å². The Morgan fingerprint density at radius 1 is 0.833 bits per heavy atom. The van der Waals surface area contributed by atoms with Crippen LogP contribution >= 0.6 is 23.4 Å². The van der Waals surface area contributed by atoms with Crippen molar-refractivity contribution in [3.8, 4) is 0 Å². The molecule has 0 aromatic carbocycles. The van der Waals surface area contributed by atoms with Gasteiger partial charge in [0.15, 0.2) is 0 Å². The molecule has 0 aliphatic carbocycles. The second-order valence-electron chi connectivity index (χ2n) is 3.08. The Bertz CT molecular complexity index is 325.